The number of hydrogen-bond acceptors (Lipinski definition) is 2. The summed E-state index contributed by atoms with van der Waals surface area (Å²) in [6.07, 6.45) is 3.22. The Bertz CT molecular complexity index is 116. The van der Waals surface area contributed by atoms with Crippen molar-refractivity contribution in [3.63, 3.8) is 0 Å². The summed E-state index contributed by atoms with van der Waals surface area (Å²) in [5, 5.41) is 0. The normalized spacial score (nSPS) is 23.3. The van der Waals surface area contributed by atoms with Crippen LogP contribution in [0.1, 0.15) is 19.3 Å². The fraction of sp³-hybridized carbons (Fsp3) is 1.00. The largest absolute Gasteiger partial charge is 1.00 e. The molecule has 1 aliphatic rings. The van der Waals surface area contributed by atoms with Crippen molar-refractivity contribution < 1.29 is 38.3 Å². The van der Waals surface area contributed by atoms with E-state index in [4.69, 9.17) is 0 Å². The molecule has 10 heavy (non-hydrogen) atoms. The van der Waals surface area contributed by atoms with E-state index in [0.29, 0.717) is 0 Å². The van der Waals surface area contributed by atoms with E-state index < -0.39 is 11.3 Å². The summed E-state index contributed by atoms with van der Waals surface area (Å²) in [4.78, 5) is 0. The molecule has 54 valence electrons. The maximum absolute atomic E-state index is 10.3. The Morgan fingerprint density at radius 1 is 1.20 bits per heavy atom. The summed E-state index contributed by atoms with van der Waals surface area (Å²) in [7, 11) is 0. The second kappa shape index (κ2) is 5.69. The molecule has 0 amide bonds. The van der Waals surface area contributed by atoms with Crippen molar-refractivity contribution in [2.75, 3.05) is 13.1 Å². The Balaban J connectivity index is 0.000000810. The summed E-state index contributed by atoms with van der Waals surface area (Å²) in [6.45, 7) is 1.44. The maximum atomic E-state index is 10.3. The molecule has 0 saturated carbocycles. The van der Waals surface area contributed by atoms with Gasteiger partial charge in [-0.1, -0.05) is 6.42 Å². The fourth-order valence-corrected chi connectivity index (χ4v) is 1.57. The first-order valence-electron chi connectivity index (χ1n) is 3.15. The minimum absolute atomic E-state index is 0. The third-order valence-corrected chi connectivity index (χ3v) is 2.31. The number of hydrogen-bond donors (Lipinski definition) is 0. The number of nitrogens with zero attached hydrogens (tertiary/aromatic N) is 1. The van der Waals surface area contributed by atoms with Crippen molar-refractivity contribution >= 4 is 11.3 Å². The van der Waals surface area contributed by atoms with Gasteiger partial charge in [0.15, 0.2) is 0 Å². The zero-order valence-corrected chi connectivity index (χ0v) is 9.02. The van der Waals surface area contributed by atoms with Crippen molar-refractivity contribution in [3.8, 4) is 0 Å². The second-order valence-electron chi connectivity index (χ2n) is 2.21. The monoisotopic (exact) mass is 171 g/mol. The first kappa shape index (κ1) is 11.1. The van der Waals surface area contributed by atoms with Gasteiger partial charge in [-0.25, -0.2) is 4.31 Å². The van der Waals surface area contributed by atoms with Crippen molar-refractivity contribution in [1.82, 2.24) is 4.31 Å². The standard InChI is InChI=1S/C5H11NO2S.Na/c7-9(8)6-4-2-1-3-5-6;/h1-5H2,(H,7,8);/q;+1/p-1. The third kappa shape index (κ3) is 3.46. The first-order chi connectivity index (χ1) is 4.30. The van der Waals surface area contributed by atoms with E-state index in [1.807, 2.05) is 0 Å². The molecule has 0 radical (unpaired) electrons. The minimum atomic E-state index is -1.97. The SMILES string of the molecule is O=S([O-])N1CCCCC1.[Na+]. The first-order valence-corrected chi connectivity index (χ1v) is 4.18. The molecule has 1 saturated heterocycles. The van der Waals surface area contributed by atoms with Crippen molar-refractivity contribution in [1.29, 1.82) is 0 Å². The molecule has 3 nitrogen and oxygen atoms in total. The van der Waals surface area contributed by atoms with Gasteiger partial charge in [0.25, 0.3) is 0 Å². The smallest absolute Gasteiger partial charge is 0.760 e. The average Bonchev–Trinajstić information content (AvgIpc) is 1.90. The predicted octanol–water partition coefficient (Wildman–Crippen LogP) is -2.73. The van der Waals surface area contributed by atoms with Crippen LogP contribution in [0.25, 0.3) is 0 Å². The van der Waals surface area contributed by atoms with Gasteiger partial charge in [0.05, 0.1) is 0 Å². The molecule has 5 heteroatoms. The predicted molar refractivity (Wildman–Crippen MR) is 34.3 cm³/mol. The van der Waals surface area contributed by atoms with E-state index in [0.717, 1.165) is 25.9 Å². The van der Waals surface area contributed by atoms with Crippen LogP contribution in [0.4, 0.5) is 0 Å². The minimum Gasteiger partial charge on any atom is -0.760 e. The van der Waals surface area contributed by atoms with Gasteiger partial charge in [0.2, 0.25) is 0 Å². The summed E-state index contributed by atoms with van der Waals surface area (Å²) in [5.74, 6) is 0. The van der Waals surface area contributed by atoms with E-state index in [-0.39, 0.29) is 29.6 Å². The van der Waals surface area contributed by atoms with Crippen molar-refractivity contribution in [2.24, 2.45) is 0 Å². The van der Waals surface area contributed by atoms with E-state index in [1.165, 1.54) is 10.7 Å². The van der Waals surface area contributed by atoms with Crippen LogP contribution in [-0.2, 0) is 11.3 Å². The van der Waals surface area contributed by atoms with Crippen molar-refractivity contribution in [3.05, 3.63) is 0 Å². The molecule has 1 fully saturated rings. The molecule has 0 aromatic heterocycles. The summed E-state index contributed by atoms with van der Waals surface area (Å²) >= 11 is -1.97. The molecule has 1 heterocycles. The van der Waals surface area contributed by atoms with Crippen LogP contribution in [0, 0.1) is 0 Å². The van der Waals surface area contributed by atoms with E-state index in [2.05, 4.69) is 0 Å². The number of rotatable bonds is 1. The summed E-state index contributed by atoms with van der Waals surface area (Å²) < 4.78 is 22.0. The van der Waals surface area contributed by atoms with Gasteiger partial charge < -0.3 is 4.55 Å². The second-order valence-corrected chi connectivity index (χ2v) is 3.16. The van der Waals surface area contributed by atoms with Crippen molar-refractivity contribution in [2.45, 2.75) is 19.3 Å². The molecular formula is C5H10NNaO2S. The van der Waals surface area contributed by atoms with Gasteiger partial charge in [-0.2, -0.15) is 0 Å². The van der Waals surface area contributed by atoms with Gasteiger partial charge in [-0.05, 0) is 12.8 Å². The topological polar surface area (TPSA) is 43.4 Å². The van der Waals surface area contributed by atoms with Crippen LogP contribution in [0.5, 0.6) is 0 Å². The molecular weight excluding hydrogens is 161 g/mol. The van der Waals surface area contributed by atoms with Gasteiger partial charge in [0.1, 0.15) is 0 Å². The van der Waals surface area contributed by atoms with Crippen LogP contribution < -0.4 is 29.6 Å². The quantitative estimate of drug-likeness (QED) is 0.317. The molecule has 1 atom stereocenters. The zero-order valence-electron chi connectivity index (χ0n) is 6.21. The Morgan fingerprint density at radius 2 is 1.70 bits per heavy atom. The molecule has 0 N–H and O–H groups in total. The molecule has 1 rings (SSSR count). The molecule has 1 unspecified atom stereocenters. The Kier molecular flexibility index (Phi) is 6.29. The summed E-state index contributed by atoms with van der Waals surface area (Å²) in [5.41, 5.74) is 0. The van der Waals surface area contributed by atoms with Gasteiger partial charge >= 0.3 is 29.6 Å². The summed E-state index contributed by atoms with van der Waals surface area (Å²) in [6, 6.07) is 0. The Morgan fingerprint density at radius 3 is 2.00 bits per heavy atom. The van der Waals surface area contributed by atoms with Crippen LogP contribution in [0.2, 0.25) is 0 Å². The maximum Gasteiger partial charge on any atom is 1.00 e. The molecule has 0 aliphatic carbocycles. The average molecular weight is 171 g/mol. The van der Waals surface area contributed by atoms with Crippen LogP contribution in [0.15, 0.2) is 0 Å². The Hall–Kier alpha value is 1.07. The van der Waals surface area contributed by atoms with E-state index >= 15 is 0 Å². The molecule has 1 aliphatic heterocycles. The van der Waals surface area contributed by atoms with Gasteiger partial charge in [-0.3, -0.25) is 4.21 Å². The van der Waals surface area contributed by atoms with Gasteiger partial charge in [0, 0.05) is 24.4 Å². The van der Waals surface area contributed by atoms with Gasteiger partial charge in [-0.15, -0.1) is 0 Å². The molecule has 0 bridgehead atoms. The van der Waals surface area contributed by atoms with Crippen LogP contribution >= 0.6 is 0 Å². The zero-order chi connectivity index (χ0) is 6.69. The fourth-order valence-electron chi connectivity index (χ4n) is 1.01. The van der Waals surface area contributed by atoms with E-state index in [9.17, 15) is 8.76 Å². The third-order valence-electron chi connectivity index (χ3n) is 1.53. The Labute approximate surface area is 85.9 Å². The van der Waals surface area contributed by atoms with Crippen LogP contribution in [-0.4, -0.2) is 26.2 Å². The van der Waals surface area contributed by atoms with E-state index in [1.54, 1.807) is 0 Å². The number of piperidine rings is 1. The molecule has 0 spiro atoms. The van der Waals surface area contributed by atoms with Crippen LogP contribution in [0.3, 0.4) is 0 Å². The molecule has 0 aromatic rings. The molecule has 0 aromatic carbocycles.